The molecule has 0 saturated carbocycles. The zero-order valence-electron chi connectivity index (χ0n) is 22.4. The van der Waals surface area contributed by atoms with Gasteiger partial charge in [-0.15, -0.1) is 12.4 Å². The monoisotopic (exact) mass is 592 g/mol. The maximum absolute atomic E-state index is 11.1. The van der Waals surface area contributed by atoms with Crippen LogP contribution in [0.3, 0.4) is 0 Å². The van der Waals surface area contributed by atoms with Crippen LogP contribution in [0, 0.1) is 23.0 Å². The number of anilines is 4. The molecule has 10 nitrogen and oxygen atoms in total. The highest BCUT2D eigenvalue weighted by Gasteiger charge is 2.22. The second kappa shape index (κ2) is 13.9. The van der Waals surface area contributed by atoms with Gasteiger partial charge in [0.05, 0.1) is 11.1 Å². The van der Waals surface area contributed by atoms with Crippen LogP contribution in [-0.4, -0.2) is 39.2 Å². The van der Waals surface area contributed by atoms with Crippen molar-refractivity contribution in [2.45, 2.75) is 26.2 Å². The van der Waals surface area contributed by atoms with Crippen LogP contribution < -0.4 is 15.6 Å². The Kier molecular flexibility index (Phi) is 10.0. The first-order chi connectivity index (χ1) is 19.4. The van der Waals surface area contributed by atoms with Crippen LogP contribution in [0.4, 0.5) is 29.2 Å². The zero-order valence-corrected chi connectivity index (χ0v) is 24.0. The molecule has 41 heavy (non-hydrogen) atoms. The first-order valence-electron chi connectivity index (χ1n) is 13.0. The minimum atomic E-state index is -0.481. The summed E-state index contributed by atoms with van der Waals surface area (Å²) in [5.41, 5.74) is 6.52. The fourth-order valence-corrected chi connectivity index (χ4v) is 4.73. The lowest BCUT2D eigenvalue weighted by atomic mass is 9.90. The van der Waals surface area contributed by atoms with E-state index in [0.717, 1.165) is 43.6 Å². The highest BCUT2D eigenvalue weighted by Crippen LogP contribution is 2.26. The molecule has 1 saturated heterocycles. The van der Waals surface area contributed by atoms with Crippen molar-refractivity contribution in [3.63, 3.8) is 0 Å². The number of piperidine rings is 1. The van der Waals surface area contributed by atoms with E-state index < -0.39 is 4.92 Å². The molecule has 12 heteroatoms. The number of hydrazone groups is 1. The van der Waals surface area contributed by atoms with Gasteiger partial charge in [0, 0.05) is 41.5 Å². The lowest BCUT2D eigenvalue weighted by Crippen LogP contribution is -2.35. The van der Waals surface area contributed by atoms with Crippen molar-refractivity contribution < 1.29 is 4.92 Å². The molecule has 0 radical (unpaired) electrons. The maximum atomic E-state index is 11.1. The molecule has 0 spiro atoms. The molecule has 0 atom stereocenters. The largest absolute Gasteiger partial charge is 0.341 e. The van der Waals surface area contributed by atoms with Gasteiger partial charge < -0.3 is 10.2 Å². The lowest BCUT2D eigenvalue weighted by Gasteiger charge is -2.32. The number of aryl methyl sites for hydroxylation is 1. The number of rotatable bonds is 9. The number of hydrogen-bond acceptors (Lipinski definition) is 9. The van der Waals surface area contributed by atoms with E-state index >= 15 is 0 Å². The standard InChI is InChI=1S/C29H29ClN8O2.ClH/c1-20-7-9-24(10-8-20)32-27-33-28(36-31-19-23-18-25(38(39)40)11-12-26(23)30)35-29(34-27)37-15-13-22(14-16-37)17-21-5-3-2-4-6-21;/h2-12,18-19,22H,13-17H2,1H3,(H2,32,33,34,35,36);1H/b31-19+;. The van der Waals surface area contributed by atoms with Crippen molar-refractivity contribution in [3.8, 4) is 0 Å². The molecule has 4 aromatic rings. The molecule has 1 aliphatic rings. The molecule has 1 aromatic heterocycles. The molecule has 2 heterocycles. The van der Waals surface area contributed by atoms with E-state index in [4.69, 9.17) is 16.6 Å². The van der Waals surface area contributed by atoms with Crippen molar-refractivity contribution >= 4 is 59.4 Å². The number of nitro groups is 1. The van der Waals surface area contributed by atoms with Gasteiger partial charge in [-0.05, 0) is 55.9 Å². The molecule has 0 bridgehead atoms. The summed E-state index contributed by atoms with van der Waals surface area (Å²) in [5, 5.41) is 18.9. The molecular formula is C29H30Cl2N8O2. The third kappa shape index (κ3) is 8.12. The zero-order chi connectivity index (χ0) is 27.9. The van der Waals surface area contributed by atoms with Crippen LogP contribution >= 0.6 is 24.0 Å². The summed E-state index contributed by atoms with van der Waals surface area (Å²) in [6, 6.07) is 22.7. The van der Waals surface area contributed by atoms with E-state index in [1.54, 1.807) is 0 Å². The fraction of sp³-hybridized carbons (Fsp3) is 0.241. The van der Waals surface area contributed by atoms with Gasteiger partial charge in [-0.3, -0.25) is 10.1 Å². The van der Waals surface area contributed by atoms with Crippen LogP contribution in [0.5, 0.6) is 0 Å². The van der Waals surface area contributed by atoms with E-state index in [0.29, 0.717) is 28.4 Å². The van der Waals surface area contributed by atoms with Crippen molar-refractivity contribution in [1.82, 2.24) is 15.0 Å². The topological polar surface area (TPSA) is 121 Å². The van der Waals surface area contributed by atoms with Crippen LogP contribution in [0.15, 0.2) is 77.9 Å². The third-order valence-corrected chi connectivity index (χ3v) is 7.10. The van der Waals surface area contributed by atoms with Gasteiger partial charge in [0.25, 0.3) is 5.69 Å². The molecule has 0 amide bonds. The van der Waals surface area contributed by atoms with E-state index in [1.807, 2.05) is 37.3 Å². The molecule has 1 aliphatic heterocycles. The SMILES string of the molecule is Cc1ccc(Nc2nc(N/N=C/c3cc([N+](=O)[O-])ccc3Cl)nc(N3CCC(Cc4ccccc4)CC3)n2)cc1.Cl. The maximum Gasteiger partial charge on any atom is 0.270 e. The van der Waals surface area contributed by atoms with Gasteiger partial charge in [-0.2, -0.15) is 20.1 Å². The number of benzene rings is 3. The average Bonchev–Trinajstić information content (AvgIpc) is 2.96. The highest BCUT2D eigenvalue weighted by atomic mass is 35.5. The molecule has 2 N–H and O–H groups in total. The Labute approximate surface area is 249 Å². The quantitative estimate of drug-likeness (QED) is 0.123. The Hall–Kier alpha value is -4.28. The number of halogens is 2. The number of aromatic nitrogens is 3. The Morgan fingerprint density at radius 1 is 1.02 bits per heavy atom. The number of nitrogens with zero attached hydrogens (tertiary/aromatic N) is 6. The van der Waals surface area contributed by atoms with Gasteiger partial charge in [0.2, 0.25) is 17.8 Å². The molecule has 3 aromatic carbocycles. The van der Waals surface area contributed by atoms with Crippen molar-refractivity contribution in [1.29, 1.82) is 0 Å². The van der Waals surface area contributed by atoms with Crippen LogP contribution in [0.25, 0.3) is 0 Å². The minimum absolute atomic E-state index is 0. The summed E-state index contributed by atoms with van der Waals surface area (Å²) in [5.74, 6) is 1.77. The van der Waals surface area contributed by atoms with Crippen molar-refractivity contribution in [3.05, 3.63) is 105 Å². The van der Waals surface area contributed by atoms with Gasteiger partial charge in [0.1, 0.15) is 0 Å². The Bertz CT molecular complexity index is 1490. The summed E-state index contributed by atoms with van der Waals surface area (Å²) in [7, 11) is 0. The summed E-state index contributed by atoms with van der Waals surface area (Å²) in [6.07, 6.45) is 4.54. The van der Waals surface area contributed by atoms with E-state index in [1.165, 1.54) is 30.0 Å². The molecular weight excluding hydrogens is 563 g/mol. The lowest BCUT2D eigenvalue weighted by molar-refractivity contribution is -0.384. The number of non-ortho nitro benzene ring substituents is 1. The van der Waals surface area contributed by atoms with Gasteiger partial charge in [0.15, 0.2) is 0 Å². The number of nitrogens with one attached hydrogen (secondary N) is 2. The van der Waals surface area contributed by atoms with Gasteiger partial charge >= 0.3 is 0 Å². The second-order valence-electron chi connectivity index (χ2n) is 9.73. The van der Waals surface area contributed by atoms with Crippen molar-refractivity contribution in [2.75, 3.05) is 28.7 Å². The predicted molar refractivity (Wildman–Crippen MR) is 166 cm³/mol. The van der Waals surface area contributed by atoms with E-state index in [-0.39, 0.29) is 24.0 Å². The highest BCUT2D eigenvalue weighted by molar-refractivity contribution is 6.33. The Morgan fingerprint density at radius 2 is 1.73 bits per heavy atom. The number of hydrogen-bond donors (Lipinski definition) is 2. The van der Waals surface area contributed by atoms with E-state index in [2.05, 4.69) is 55.0 Å². The van der Waals surface area contributed by atoms with E-state index in [9.17, 15) is 10.1 Å². The Morgan fingerprint density at radius 3 is 2.44 bits per heavy atom. The fourth-order valence-electron chi connectivity index (χ4n) is 4.57. The smallest absolute Gasteiger partial charge is 0.270 e. The summed E-state index contributed by atoms with van der Waals surface area (Å²) in [6.45, 7) is 3.69. The molecule has 5 rings (SSSR count). The van der Waals surface area contributed by atoms with Gasteiger partial charge in [-0.25, -0.2) is 5.43 Å². The second-order valence-corrected chi connectivity index (χ2v) is 10.1. The van der Waals surface area contributed by atoms with Crippen LogP contribution in [0.1, 0.15) is 29.5 Å². The predicted octanol–water partition coefficient (Wildman–Crippen LogP) is 6.81. The summed E-state index contributed by atoms with van der Waals surface area (Å²) >= 11 is 6.20. The first kappa shape index (κ1) is 29.7. The average molecular weight is 594 g/mol. The van der Waals surface area contributed by atoms with Crippen LogP contribution in [-0.2, 0) is 6.42 Å². The minimum Gasteiger partial charge on any atom is -0.341 e. The normalized spacial score (nSPS) is 13.6. The summed E-state index contributed by atoms with van der Waals surface area (Å²) < 4.78 is 0. The molecule has 1 fully saturated rings. The first-order valence-corrected chi connectivity index (χ1v) is 13.4. The van der Waals surface area contributed by atoms with Crippen molar-refractivity contribution in [2.24, 2.45) is 11.0 Å². The van der Waals surface area contributed by atoms with Crippen LogP contribution in [0.2, 0.25) is 5.02 Å². The summed E-state index contributed by atoms with van der Waals surface area (Å²) in [4.78, 5) is 26.6. The third-order valence-electron chi connectivity index (χ3n) is 6.75. The molecule has 212 valence electrons. The molecule has 0 aliphatic carbocycles. The molecule has 0 unspecified atom stereocenters. The van der Waals surface area contributed by atoms with Gasteiger partial charge in [-0.1, -0.05) is 59.6 Å². The number of nitro benzene ring substituents is 1. The Balaban J connectivity index is 0.00000387.